The van der Waals surface area contributed by atoms with Gasteiger partial charge in [0.25, 0.3) is 0 Å². The quantitative estimate of drug-likeness (QED) is 0.404. The third-order valence-corrected chi connectivity index (χ3v) is 5.90. The highest BCUT2D eigenvalue weighted by Crippen LogP contribution is 2.24. The first-order valence-corrected chi connectivity index (χ1v) is 10.7. The molecule has 0 saturated heterocycles. The second kappa shape index (κ2) is 8.97. The summed E-state index contributed by atoms with van der Waals surface area (Å²) in [5, 5.41) is 7.10. The van der Waals surface area contributed by atoms with Crippen LogP contribution in [0.3, 0.4) is 0 Å². The number of hydrogen-bond acceptors (Lipinski definition) is 5. The minimum atomic E-state index is -0.482. The number of hydrogen-bond donors (Lipinski definition) is 3. The highest BCUT2D eigenvalue weighted by atomic mass is 32.1. The van der Waals surface area contributed by atoms with Crippen molar-refractivity contribution in [2.45, 2.75) is 19.4 Å². The van der Waals surface area contributed by atoms with Crippen molar-refractivity contribution in [3.63, 3.8) is 0 Å². The van der Waals surface area contributed by atoms with Gasteiger partial charge in [0, 0.05) is 23.4 Å². The average Bonchev–Trinajstić information content (AvgIpc) is 3.17. The van der Waals surface area contributed by atoms with Gasteiger partial charge in [-0.05, 0) is 61.0 Å². The molecule has 0 bridgehead atoms. The van der Waals surface area contributed by atoms with Crippen LogP contribution in [0.25, 0.3) is 10.2 Å². The van der Waals surface area contributed by atoms with E-state index in [0.29, 0.717) is 5.56 Å². The summed E-state index contributed by atoms with van der Waals surface area (Å²) in [5.74, 6) is -0.637. The molecule has 0 unspecified atom stereocenters. The molecule has 156 valence electrons. The van der Waals surface area contributed by atoms with Crippen LogP contribution in [-0.4, -0.2) is 22.8 Å². The lowest BCUT2D eigenvalue weighted by Crippen LogP contribution is -2.31. The van der Waals surface area contributed by atoms with Crippen molar-refractivity contribution in [2.75, 3.05) is 10.6 Å². The third kappa shape index (κ3) is 5.07. The first-order chi connectivity index (χ1) is 15.0. The van der Waals surface area contributed by atoms with Gasteiger partial charge in [-0.2, -0.15) is 0 Å². The largest absolute Gasteiger partial charge is 0.374 e. The van der Waals surface area contributed by atoms with E-state index in [-0.39, 0.29) is 5.91 Å². The second-order valence-electron chi connectivity index (χ2n) is 7.25. The number of anilines is 2. The number of carbonyl (C=O) groups excluding carboxylic acids is 2. The number of para-hydroxylation sites is 1. The van der Waals surface area contributed by atoms with E-state index >= 15 is 0 Å². The van der Waals surface area contributed by atoms with Crippen LogP contribution < -0.4 is 16.4 Å². The van der Waals surface area contributed by atoms with Crippen molar-refractivity contribution in [3.8, 4) is 0 Å². The first kappa shape index (κ1) is 20.6. The fourth-order valence-electron chi connectivity index (χ4n) is 3.17. The predicted molar refractivity (Wildman–Crippen MR) is 126 cm³/mol. The Labute approximate surface area is 184 Å². The fourth-order valence-corrected chi connectivity index (χ4v) is 4.17. The van der Waals surface area contributed by atoms with Crippen molar-refractivity contribution in [2.24, 2.45) is 5.73 Å². The van der Waals surface area contributed by atoms with Crippen LogP contribution in [0, 0.1) is 0 Å². The minimum absolute atomic E-state index is 0.155. The van der Waals surface area contributed by atoms with Gasteiger partial charge in [-0.3, -0.25) is 9.59 Å². The topological polar surface area (TPSA) is 97.1 Å². The molecular weight excluding hydrogens is 408 g/mol. The van der Waals surface area contributed by atoms with Gasteiger partial charge < -0.3 is 16.4 Å². The maximum Gasteiger partial charge on any atom is 0.248 e. The van der Waals surface area contributed by atoms with Crippen LogP contribution in [0.5, 0.6) is 0 Å². The summed E-state index contributed by atoms with van der Waals surface area (Å²) in [6.45, 7) is 1.78. The number of carbonyl (C=O) groups is 2. The zero-order valence-electron chi connectivity index (χ0n) is 17.0. The van der Waals surface area contributed by atoms with Crippen LogP contribution in [0.1, 0.15) is 27.9 Å². The number of benzene rings is 3. The Morgan fingerprint density at radius 1 is 0.968 bits per heavy atom. The van der Waals surface area contributed by atoms with Crippen molar-refractivity contribution in [1.82, 2.24) is 4.98 Å². The lowest BCUT2D eigenvalue weighted by Gasteiger charge is -2.15. The highest BCUT2D eigenvalue weighted by Gasteiger charge is 2.13. The van der Waals surface area contributed by atoms with Crippen LogP contribution in [0.4, 0.5) is 11.4 Å². The molecule has 6 nitrogen and oxygen atoms in total. The second-order valence-corrected chi connectivity index (χ2v) is 8.36. The Bertz CT molecular complexity index is 1180. The zero-order chi connectivity index (χ0) is 21.8. The van der Waals surface area contributed by atoms with E-state index in [9.17, 15) is 9.59 Å². The van der Waals surface area contributed by atoms with Crippen molar-refractivity contribution < 1.29 is 9.59 Å². The predicted octanol–water partition coefficient (Wildman–Crippen LogP) is 4.43. The molecule has 0 radical (unpaired) electrons. The molecule has 4 N–H and O–H groups in total. The molecule has 2 amide bonds. The van der Waals surface area contributed by atoms with E-state index in [0.717, 1.165) is 33.9 Å². The van der Waals surface area contributed by atoms with Gasteiger partial charge in [0.2, 0.25) is 11.8 Å². The van der Waals surface area contributed by atoms with Gasteiger partial charge in [0.1, 0.15) is 6.04 Å². The molecule has 0 aliphatic carbocycles. The molecule has 3 aromatic carbocycles. The molecule has 1 atom stereocenters. The number of fused-ring (bicyclic) bond motifs is 1. The Balaban J connectivity index is 1.34. The summed E-state index contributed by atoms with van der Waals surface area (Å²) < 4.78 is 1.19. The van der Waals surface area contributed by atoms with Crippen molar-refractivity contribution >= 4 is 44.7 Å². The molecule has 0 spiro atoms. The Morgan fingerprint density at radius 2 is 1.65 bits per heavy atom. The molecular formula is C24H22N4O2S. The van der Waals surface area contributed by atoms with Gasteiger partial charge in [-0.25, -0.2) is 4.98 Å². The van der Waals surface area contributed by atoms with E-state index in [2.05, 4.69) is 21.7 Å². The molecule has 31 heavy (non-hydrogen) atoms. The van der Waals surface area contributed by atoms with Gasteiger partial charge in [0.05, 0.1) is 15.2 Å². The lowest BCUT2D eigenvalue weighted by atomic mass is 10.1. The summed E-state index contributed by atoms with van der Waals surface area (Å²) >= 11 is 1.70. The zero-order valence-corrected chi connectivity index (χ0v) is 17.8. The van der Waals surface area contributed by atoms with Crippen LogP contribution in [0.2, 0.25) is 0 Å². The van der Waals surface area contributed by atoms with Crippen LogP contribution in [-0.2, 0) is 11.2 Å². The molecule has 7 heteroatoms. The normalized spacial score (nSPS) is 11.8. The Morgan fingerprint density at radius 3 is 2.32 bits per heavy atom. The molecule has 1 aromatic heterocycles. The Kier molecular flexibility index (Phi) is 5.95. The number of thiazole rings is 1. The van der Waals surface area contributed by atoms with Gasteiger partial charge in [0.15, 0.2) is 0 Å². The van der Waals surface area contributed by atoms with Crippen molar-refractivity contribution in [3.05, 3.63) is 88.9 Å². The third-order valence-electron chi connectivity index (χ3n) is 4.86. The molecule has 0 fully saturated rings. The summed E-state index contributed by atoms with van der Waals surface area (Å²) in [5.41, 5.74) is 9.30. The molecule has 0 aliphatic heterocycles. The lowest BCUT2D eigenvalue weighted by molar-refractivity contribution is -0.116. The molecule has 4 rings (SSSR count). The van der Waals surface area contributed by atoms with E-state index in [1.165, 1.54) is 4.70 Å². The fraction of sp³-hybridized carbons (Fsp3) is 0.125. The monoisotopic (exact) mass is 430 g/mol. The number of aromatic nitrogens is 1. The number of primary amides is 1. The van der Waals surface area contributed by atoms with Crippen LogP contribution in [0.15, 0.2) is 72.8 Å². The van der Waals surface area contributed by atoms with Gasteiger partial charge >= 0.3 is 0 Å². The SMILES string of the molecule is C[C@H](Nc1ccc(C(N)=O)cc1)C(=O)Nc1ccc(Cc2nc3ccccc3s2)cc1. The van der Waals surface area contributed by atoms with Gasteiger partial charge in [-0.1, -0.05) is 24.3 Å². The van der Waals surface area contributed by atoms with E-state index in [1.807, 2.05) is 42.5 Å². The molecule has 0 saturated carbocycles. The molecule has 0 aliphatic rings. The smallest absolute Gasteiger partial charge is 0.248 e. The minimum Gasteiger partial charge on any atom is -0.374 e. The summed E-state index contributed by atoms with van der Waals surface area (Å²) in [6, 6.07) is 22.2. The number of nitrogens with zero attached hydrogens (tertiary/aromatic N) is 1. The maximum absolute atomic E-state index is 12.5. The average molecular weight is 431 g/mol. The van der Waals surface area contributed by atoms with Crippen molar-refractivity contribution in [1.29, 1.82) is 0 Å². The first-order valence-electron chi connectivity index (χ1n) is 9.88. The van der Waals surface area contributed by atoms with E-state index in [1.54, 1.807) is 42.5 Å². The highest BCUT2D eigenvalue weighted by molar-refractivity contribution is 7.18. The summed E-state index contributed by atoms with van der Waals surface area (Å²) in [6.07, 6.45) is 0.757. The summed E-state index contributed by atoms with van der Waals surface area (Å²) in [7, 11) is 0. The maximum atomic E-state index is 12.5. The van der Waals surface area contributed by atoms with E-state index in [4.69, 9.17) is 5.73 Å². The number of nitrogens with one attached hydrogen (secondary N) is 2. The molecule has 4 aromatic rings. The molecule has 1 heterocycles. The van der Waals surface area contributed by atoms with Gasteiger partial charge in [-0.15, -0.1) is 11.3 Å². The number of nitrogens with two attached hydrogens (primary N) is 1. The summed E-state index contributed by atoms with van der Waals surface area (Å²) in [4.78, 5) is 28.3. The van der Waals surface area contributed by atoms with E-state index < -0.39 is 11.9 Å². The number of rotatable bonds is 7. The number of amides is 2. The standard InChI is InChI=1S/C24H22N4O2S/c1-15(26-18-12-8-17(9-13-18)23(25)29)24(30)27-19-10-6-16(7-11-19)14-22-28-20-4-2-3-5-21(20)31-22/h2-13,15,26H,14H2,1H3,(H2,25,29)(H,27,30)/t15-/m0/s1. The Hall–Kier alpha value is -3.71. The van der Waals surface area contributed by atoms with Crippen LogP contribution >= 0.6 is 11.3 Å².